The van der Waals surface area contributed by atoms with Crippen LogP contribution in [-0.4, -0.2) is 16.5 Å². The van der Waals surface area contributed by atoms with Crippen molar-refractivity contribution < 1.29 is 4.74 Å². The summed E-state index contributed by atoms with van der Waals surface area (Å²) in [6.07, 6.45) is 1.69. The van der Waals surface area contributed by atoms with Gasteiger partial charge >= 0.3 is 0 Å². The molecule has 4 heteroatoms. The normalized spacial score (nSPS) is 10.7. The number of nitrogens with zero attached hydrogens (tertiary/aromatic N) is 2. The lowest BCUT2D eigenvalue weighted by molar-refractivity contribution is 0.461. The van der Waals surface area contributed by atoms with Crippen LogP contribution in [-0.2, 0) is 0 Å². The molecular formula is C16H21N3O. The highest BCUT2D eigenvalue weighted by atomic mass is 16.5. The maximum atomic E-state index is 5.79. The molecule has 0 amide bonds. The van der Waals surface area contributed by atoms with Crippen LogP contribution in [0.3, 0.4) is 0 Å². The van der Waals surface area contributed by atoms with Gasteiger partial charge in [-0.25, -0.2) is 4.98 Å². The van der Waals surface area contributed by atoms with Crippen molar-refractivity contribution in [2.24, 2.45) is 0 Å². The summed E-state index contributed by atoms with van der Waals surface area (Å²) in [5.74, 6) is 2.45. The predicted octanol–water partition coefficient (Wildman–Crippen LogP) is 4.13. The van der Waals surface area contributed by atoms with Gasteiger partial charge < -0.3 is 10.1 Å². The van der Waals surface area contributed by atoms with E-state index in [-0.39, 0.29) is 0 Å². The molecule has 0 aliphatic carbocycles. The molecule has 1 aromatic heterocycles. The van der Waals surface area contributed by atoms with Gasteiger partial charge in [-0.1, -0.05) is 19.9 Å². The van der Waals surface area contributed by atoms with Crippen molar-refractivity contribution in [2.45, 2.75) is 33.6 Å². The van der Waals surface area contributed by atoms with Gasteiger partial charge in [0.05, 0.1) is 0 Å². The molecular weight excluding hydrogens is 250 g/mol. The first-order valence-electron chi connectivity index (χ1n) is 6.95. The quantitative estimate of drug-likeness (QED) is 0.888. The topological polar surface area (TPSA) is 47.0 Å². The average Bonchev–Trinajstić information content (AvgIpc) is 2.39. The Hall–Kier alpha value is -2.10. The second-order valence-electron chi connectivity index (χ2n) is 5.02. The van der Waals surface area contributed by atoms with Crippen molar-refractivity contribution in [3.63, 3.8) is 0 Å². The van der Waals surface area contributed by atoms with Crippen molar-refractivity contribution in [3.8, 4) is 11.6 Å². The number of nitrogens with one attached hydrogen (secondary N) is 1. The fourth-order valence-corrected chi connectivity index (χ4v) is 2.12. The lowest BCUT2D eigenvalue weighted by Crippen LogP contribution is -2.02. The molecule has 2 aromatic rings. The van der Waals surface area contributed by atoms with E-state index in [2.05, 4.69) is 42.1 Å². The smallest absolute Gasteiger partial charge is 0.225 e. The van der Waals surface area contributed by atoms with Gasteiger partial charge in [-0.05, 0) is 43.0 Å². The molecule has 20 heavy (non-hydrogen) atoms. The Morgan fingerprint density at radius 2 is 2.05 bits per heavy atom. The third kappa shape index (κ3) is 3.47. The van der Waals surface area contributed by atoms with E-state index in [1.165, 1.54) is 11.1 Å². The minimum atomic E-state index is 0.517. The molecule has 0 saturated heterocycles. The van der Waals surface area contributed by atoms with Gasteiger partial charge in [0, 0.05) is 18.8 Å². The number of anilines is 1. The van der Waals surface area contributed by atoms with Gasteiger partial charge in [0.2, 0.25) is 11.8 Å². The van der Waals surface area contributed by atoms with Crippen LogP contribution in [0.15, 0.2) is 30.5 Å². The number of hydrogen-bond acceptors (Lipinski definition) is 4. The molecule has 4 nitrogen and oxygen atoms in total. The fraction of sp³-hybridized carbons (Fsp3) is 0.375. The van der Waals surface area contributed by atoms with Crippen molar-refractivity contribution in [1.82, 2.24) is 9.97 Å². The number of aryl methyl sites for hydroxylation is 1. The van der Waals surface area contributed by atoms with Crippen LogP contribution in [0.1, 0.15) is 37.8 Å². The molecule has 0 spiro atoms. The zero-order chi connectivity index (χ0) is 14.5. The molecule has 0 atom stereocenters. The summed E-state index contributed by atoms with van der Waals surface area (Å²) < 4.78 is 5.79. The second-order valence-corrected chi connectivity index (χ2v) is 5.02. The highest BCUT2D eigenvalue weighted by Crippen LogP contribution is 2.26. The molecule has 0 saturated carbocycles. The van der Waals surface area contributed by atoms with Crippen molar-refractivity contribution >= 4 is 5.95 Å². The summed E-state index contributed by atoms with van der Waals surface area (Å²) in [7, 11) is 0. The Morgan fingerprint density at radius 3 is 2.70 bits per heavy atom. The molecule has 0 aliphatic heterocycles. The average molecular weight is 271 g/mol. The molecule has 0 fully saturated rings. The zero-order valence-electron chi connectivity index (χ0n) is 12.5. The van der Waals surface area contributed by atoms with Crippen molar-refractivity contribution in [1.29, 1.82) is 0 Å². The summed E-state index contributed by atoms with van der Waals surface area (Å²) in [4.78, 5) is 8.42. The lowest BCUT2D eigenvalue weighted by atomic mass is 9.98. The second kappa shape index (κ2) is 6.37. The van der Waals surface area contributed by atoms with Crippen molar-refractivity contribution in [2.75, 3.05) is 11.9 Å². The van der Waals surface area contributed by atoms with Crippen LogP contribution in [0.4, 0.5) is 5.95 Å². The molecule has 0 radical (unpaired) electrons. The molecule has 1 heterocycles. The zero-order valence-corrected chi connectivity index (χ0v) is 12.5. The molecule has 1 aromatic carbocycles. The van der Waals surface area contributed by atoms with E-state index in [4.69, 9.17) is 4.74 Å². The predicted molar refractivity (Wildman–Crippen MR) is 81.5 cm³/mol. The Bertz CT molecular complexity index is 582. The van der Waals surface area contributed by atoms with Crippen LogP contribution in [0.5, 0.6) is 11.6 Å². The first kappa shape index (κ1) is 14.3. The number of rotatable bonds is 5. The maximum absolute atomic E-state index is 5.79. The number of aromatic nitrogens is 2. The van der Waals surface area contributed by atoms with Gasteiger partial charge in [-0.15, -0.1) is 0 Å². The molecule has 106 valence electrons. The number of benzene rings is 1. The summed E-state index contributed by atoms with van der Waals surface area (Å²) in [6.45, 7) is 9.27. The van der Waals surface area contributed by atoms with E-state index in [0.29, 0.717) is 17.7 Å². The fourth-order valence-electron chi connectivity index (χ4n) is 2.12. The minimum Gasteiger partial charge on any atom is -0.439 e. The highest BCUT2D eigenvalue weighted by Gasteiger charge is 2.06. The summed E-state index contributed by atoms with van der Waals surface area (Å²) in [6, 6.07) is 7.90. The van der Waals surface area contributed by atoms with E-state index in [0.717, 1.165) is 12.3 Å². The third-order valence-electron chi connectivity index (χ3n) is 3.05. The van der Waals surface area contributed by atoms with E-state index in [9.17, 15) is 0 Å². The van der Waals surface area contributed by atoms with Gasteiger partial charge in [0.15, 0.2) is 0 Å². The largest absolute Gasteiger partial charge is 0.439 e. The number of hydrogen-bond donors (Lipinski definition) is 1. The van der Waals surface area contributed by atoms with E-state index < -0.39 is 0 Å². The summed E-state index contributed by atoms with van der Waals surface area (Å²) in [5, 5.41) is 3.07. The molecule has 1 N–H and O–H groups in total. The van der Waals surface area contributed by atoms with Gasteiger partial charge in [0.25, 0.3) is 0 Å². The Labute approximate surface area is 120 Å². The summed E-state index contributed by atoms with van der Waals surface area (Å²) in [5.41, 5.74) is 2.58. The minimum absolute atomic E-state index is 0.517. The van der Waals surface area contributed by atoms with Gasteiger partial charge in [-0.3, -0.25) is 0 Å². The van der Waals surface area contributed by atoms with Crippen LogP contribution in [0.25, 0.3) is 0 Å². The number of ether oxygens (including phenoxy) is 1. The molecule has 0 bridgehead atoms. The summed E-state index contributed by atoms with van der Waals surface area (Å²) >= 11 is 0. The lowest BCUT2D eigenvalue weighted by Gasteiger charge is -2.12. The van der Waals surface area contributed by atoms with Crippen LogP contribution in [0.2, 0.25) is 0 Å². The van der Waals surface area contributed by atoms with Crippen LogP contribution < -0.4 is 10.1 Å². The van der Waals surface area contributed by atoms with Crippen LogP contribution in [0, 0.1) is 6.92 Å². The first-order valence-corrected chi connectivity index (χ1v) is 6.95. The van der Waals surface area contributed by atoms with Crippen molar-refractivity contribution in [3.05, 3.63) is 41.6 Å². The standard InChI is InChI=1S/C16H21N3O/c1-5-17-16-18-9-8-15(19-16)20-13-6-7-14(11(2)3)12(4)10-13/h6-11H,5H2,1-4H3,(H,17,18,19). The van der Waals surface area contributed by atoms with E-state index in [1.807, 2.05) is 19.1 Å². The highest BCUT2D eigenvalue weighted by molar-refractivity contribution is 5.38. The Balaban J connectivity index is 2.17. The molecule has 0 unspecified atom stereocenters. The molecule has 0 aliphatic rings. The van der Waals surface area contributed by atoms with Gasteiger partial charge in [0.1, 0.15) is 5.75 Å². The Morgan fingerprint density at radius 1 is 1.25 bits per heavy atom. The third-order valence-corrected chi connectivity index (χ3v) is 3.05. The maximum Gasteiger partial charge on any atom is 0.225 e. The SMILES string of the molecule is CCNc1nccc(Oc2ccc(C(C)C)c(C)c2)n1. The monoisotopic (exact) mass is 271 g/mol. The Kier molecular flexibility index (Phi) is 4.56. The van der Waals surface area contributed by atoms with E-state index in [1.54, 1.807) is 12.3 Å². The van der Waals surface area contributed by atoms with E-state index >= 15 is 0 Å². The van der Waals surface area contributed by atoms with Crippen LogP contribution >= 0.6 is 0 Å². The molecule has 2 rings (SSSR count). The first-order chi connectivity index (χ1) is 9.60. The van der Waals surface area contributed by atoms with Gasteiger partial charge in [-0.2, -0.15) is 4.98 Å².